The third kappa shape index (κ3) is 1.61. The molecule has 0 saturated carbocycles. The summed E-state index contributed by atoms with van der Waals surface area (Å²) in [5.74, 6) is 0.414. The van der Waals surface area contributed by atoms with Crippen LogP contribution < -0.4 is 21.5 Å². The van der Waals surface area contributed by atoms with Crippen molar-refractivity contribution in [2.24, 2.45) is 11.5 Å². The number of nitrogens with two attached hydrogens (primary N) is 2. The fourth-order valence-electron chi connectivity index (χ4n) is 2.34. The molecule has 0 saturated heterocycles. The molecule has 6 heteroatoms. The van der Waals surface area contributed by atoms with Crippen LogP contribution in [0, 0.1) is 0 Å². The Kier molecular flexibility index (Phi) is 2.22. The van der Waals surface area contributed by atoms with Crippen molar-refractivity contribution in [2.45, 2.75) is 12.6 Å². The number of carbonyl (C=O) groups excluding carboxylic acids is 1. The van der Waals surface area contributed by atoms with Gasteiger partial charge in [0, 0.05) is 6.08 Å². The number of para-hydroxylation sites is 2. The van der Waals surface area contributed by atoms with Crippen LogP contribution in [0.15, 0.2) is 47.6 Å². The summed E-state index contributed by atoms with van der Waals surface area (Å²) in [6.07, 6.45) is 1.64. The van der Waals surface area contributed by atoms with Crippen molar-refractivity contribution >= 4 is 11.6 Å². The number of nitrogens with one attached hydrogen (secondary N) is 1. The molecule has 1 amide bonds. The zero-order valence-electron chi connectivity index (χ0n) is 10.3. The number of fused-ring (bicyclic) bond motifs is 1. The van der Waals surface area contributed by atoms with E-state index in [1.54, 1.807) is 19.1 Å². The van der Waals surface area contributed by atoms with Crippen molar-refractivity contribution in [2.75, 3.05) is 5.32 Å². The van der Waals surface area contributed by atoms with Gasteiger partial charge in [0.15, 0.2) is 0 Å². The van der Waals surface area contributed by atoms with E-state index in [0.717, 1.165) is 5.69 Å². The molecule has 0 radical (unpaired) electrons. The van der Waals surface area contributed by atoms with Gasteiger partial charge in [-0.05, 0) is 19.1 Å². The average Bonchev–Trinajstić information content (AvgIpc) is 2.64. The fraction of sp³-hybridized carbons (Fsp3) is 0.154. The Hall–Kier alpha value is -2.63. The number of allylic oxidation sites excluding steroid dienone is 1. The summed E-state index contributed by atoms with van der Waals surface area (Å²) in [7, 11) is 0. The van der Waals surface area contributed by atoms with E-state index in [0.29, 0.717) is 11.5 Å². The highest BCUT2D eigenvalue weighted by Gasteiger charge is 2.47. The number of anilines is 1. The number of benzene rings is 1. The maximum absolute atomic E-state index is 11.6. The first-order chi connectivity index (χ1) is 9.02. The zero-order valence-corrected chi connectivity index (χ0v) is 10.3. The molecule has 0 unspecified atom stereocenters. The molecule has 0 fully saturated rings. The minimum absolute atomic E-state index is 0.0483. The van der Waals surface area contributed by atoms with Gasteiger partial charge in [-0.2, -0.15) is 0 Å². The van der Waals surface area contributed by atoms with Gasteiger partial charge in [-0.15, -0.1) is 0 Å². The smallest absolute Gasteiger partial charge is 0.256 e. The lowest BCUT2D eigenvalue weighted by Crippen LogP contribution is -2.48. The van der Waals surface area contributed by atoms with Gasteiger partial charge < -0.3 is 26.3 Å². The van der Waals surface area contributed by atoms with Crippen molar-refractivity contribution in [3.05, 3.63) is 47.6 Å². The van der Waals surface area contributed by atoms with Crippen LogP contribution in [-0.2, 0) is 9.53 Å². The van der Waals surface area contributed by atoms with Gasteiger partial charge in [0.05, 0.1) is 5.69 Å². The third-order valence-electron chi connectivity index (χ3n) is 3.02. The predicted octanol–water partition coefficient (Wildman–Crippen LogP) is 0.777. The van der Waals surface area contributed by atoms with Gasteiger partial charge in [0.2, 0.25) is 11.6 Å². The van der Waals surface area contributed by atoms with E-state index in [1.807, 2.05) is 18.2 Å². The number of ether oxygens (including phenoxy) is 2. The minimum atomic E-state index is -1.19. The number of hydrogen-bond donors (Lipinski definition) is 3. The lowest BCUT2D eigenvalue weighted by Gasteiger charge is -2.31. The molecule has 1 aromatic carbocycles. The standard InChI is InChI=1S/C13H13N3O3/c1-7-6-13(10(11(14)17)12(15)18-7)16-8-4-2-3-5-9(8)19-13/h2-6,16H,15H2,1H3,(H2,14,17)/t13-/m0/s1. The molecule has 98 valence electrons. The first-order valence-corrected chi connectivity index (χ1v) is 5.75. The van der Waals surface area contributed by atoms with Crippen LogP contribution in [0.2, 0.25) is 0 Å². The molecule has 1 atom stereocenters. The Morgan fingerprint density at radius 1 is 1.37 bits per heavy atom. The molecule has 19 heavy (non-hydrogen) atoms. The van der Waals surface area contributed by atoms with Crippen molar-refractivity contribution in [3.63, 3.8) is 0 Å². The van der Waals surface area contributed by atoms with Crippen LogP contribution in [0.25, 0.3) is 0 Å². The predicted molar refractivity (Wildman–Crippen MR) is 68.7 cm³/mol. The minimum Gasteiger partial charge on any atom is -0.457 e. The highest BCUT2D eigenvalue weighted by Crippen LogP contribution is 2.43. The van der Waals surface area contributed by atoms with Gasteiger partial charge in [0.1, 0.15) is 17.1 Å². The van der Waals surface area contributed by atoms with Crippen LogP contribution in [0.5, 0.6) is 5.75 Å². The van der Waals surface area contributed by atoms with E-state index in [4.69, 9.17) is 20.9 Å². The van der Waals surface area contributed by atoms with Crippen molar-refractivity contribution in [1.29, 1.82) is 0 Å². The fourth-order valence-corrected chi connectivity index (χ4v) is 2.34. The Labute approximate surface area is 109 Å². The van der Waals surface area contributed by atoms with E-state index in [2.05, 4.69) is 5.32 Å². The number of rotatable bonds is 1. The van der Waals surface area contributed by atoms with Crippen LogP contribution in [0.3, 0.4) is 0 Å². The van der Waals surface area contributed by atoms with E-state index < -0.39 is 11.6 Å². The quantitative estimate of drug-likeness (QED) is 0.692. The first-order valence-electron chi connectivity index (χ1n) is 5.75. The SMILES string of the molecule is CC1=C[C@@]2(Nc3ccccc3O2)C(C(N)=O)=C(N)O1. The summed E-state index contributed by atoms with van der Waals surface area (Å²) in [4.78, 5) is 11.6. The molecule has 0 bridgehead atoms. The molecule has 0 aromatic heterocycles. The molecule has 5 N–H and O–H groups in total. The third-order valence-corrected chi connectivity index (χ3v) is 3.02. The van der Waals surface area contributed by atoms with Crippen molar-refractivity contribution < 1.29 is 14.3 Å². The number of hydrogen-bond acceptors (Lipinski definition) is 5. The van der Waals surface area contributed by atoms with Gasteiger partial charge in [-0.3, -0.25) is 4.79 Å². The number of primary amides is 1. The molecular weight excluding hydrogens is 246 g/mol. The Morgan fingerprint density at radius 2 is 2.11 bits per heavy atom. The molecule has 6 nitrogen and oxygen atoms in total. The Bertz CT molecular complexity index is 609. The van der Waals surface area contributed by atoms with Crippen LogP contribution >= 0.6 is 0 Å². The first kappa shape index (κ1) is 11.5. The molecule has 0 aliphatic carbocycles. The highest BCUT2D eigenvalue weighted by molar-refractivity contribution is 5.97. The van der Waals surface area contributed by atoms with Gasteiger partial charge in [-0.25, -0.2) is 0 Å². The van der Waals surface area contributed by atoms with Crippen LogP contribution in [0.1, 0.15) is 6.92 Å². The second-order valence-electron chi connectivity index (χ2n) is 4.42. The zero-order chi connectivity index (χ0) is 13.6. The Balaban J connectivity index is 2.13. The lowest BCUT2D eigenvalue weighted by atomic mass is 10.00. The number of amides is 1. The van der Waals surface area contributed by atoms with Gasteiger partial charge in [-0.1, -0.05) is 12.1 Å². The molecule has 2 heterocycles. The summed E-state index contributed by atoms with van der Waals surface area (Å²) < 4.78 is 11.1. The lowest BCUT2D eigenvalue weighted by molar-refractivity contribution is -0.116. The summed E-state index contributed by atoms with van der Waals surface area (Å²) in [6, 6.07) is 7.34. The Morgan fingerprint density at radius 3 is 2.79 bits per heavy atom. The summed E-state index contributed by atoms with van der Waals surface area (Å²) in [5, 5.41) is 3.12. The molecule has 2 aliphatic heterocycles. The monoisotopic (exact) mass is 259 g/mol. The number of carbonyl (C=O) groups is 1. The highest BCUT2D eigenvalue weighted by atomic mass is 16.5. The van der Waals surface area contributed by atoms with E-state index >= 15 is 0 Å². The maximum Gasteiger partial charge on any atom is 0.256 e. The molecule has 1 spiro atoms. The average molecular weight is 259 g/mol. The van der Waals surface area contributed by atoms with Crippen molar-refractivity contribution in [3.8, 4) is 5.75 Å². The van der Waals surface area contributed by atoms with E-state index in [9.17, 15) is 4.79 Å². The second-order valence-corrected chi connectivity index (χ2v) is 4.42. The molecule has 1 aromatic rings. The topological polar surface area (TPSA) is 99.6 Å². The largest absolute Gasteiger partial charge is 0.457 e. The van der Waals surface area contributed by atoms with E-state index in [-0.39, 0.29) is 11.5 Å². The molecule has 2 aliphatic rings. The van der Waals surface area contributed by atoms with Crippen LogP contribution in [-0.4, -0.2) is 11.6 Å². The van der Waals surface area contributed by atoms with Crippen molar-refractivity contribution in [1.82, 2.24) is 0 Å². The summed E-state index contributed by atoms with van der Waals surface area (Å²) >= 11 is 0. The van der Waals surface area contributed by atoms with Gasteiger partial charge >= 0.3 is 0 Å². The van der Waals surface area contributed by atoms with Crippen LogP contribution in [0.4, 0.5) is 5.69 Å². The second kappa shape index (κ2) is 3.68. The summed E-state index contributed by atoms with van der Waals surface area (Å²) in [6.45, 7) is 1.72. The van der Waals surface area contributed by atoms with E-state index in [1.165, 1.54) is 0 Å². The molecular formula is C13H13N3O3. The maximum atomic E-state index is 11.6. The normalized spacial score (nSPS) is 24.2. The summed E-state index contributed by atoms with van der Waals surface area (Å²) in [5.41, 5.74) is 10.8. The molecule has 3 rings (SSSR count). The van der Waals surface area contributed by atoms with Gasteiger partial charge in [0.25, 0.3) is 5.91 Å².